The minimum Gasteiger partial charge on any atom is -0.392 e. The number of hydrogen-bond acceptors (Lipinski definition) is 3. The summed E-state index contributed by atoms with van der Waals surface area (Å²) in [5.74, 6) is 0. The first-order chi connectivity index (χ1) is 7.70. The van der Waals surface area contributed by atoms with Gasteiger partial charge in [0.15, 0.2) is 5.16 Å². The highest BCUT2D eigenvalue weighted by Crippen LogP contribution is 2.27. The van der Waals surface area contributed by atoms with Crippen LogP contribution in [0.5, 0.6) is 0 Å². The van der Waals surface area contributed by atoms with Crippen LogP contribution in [0.3, 0.4) is 0 Å². The van der Waals surface area contributed by atoms with Crippen molar-refractivity contribution in [3.8, 4) is 0 Å². The summed E-state index contributed by atoms with van der Waals surface area (Å²) in [5, 5.41) is 10.1. The Morgan fingerprint density at radius 1 is 1.44 bits per heavy atom. The molecule has 0 saturated carbocycles. The number of benzene rings is 1. The predicted molar refractivity (Wildman–Crippen MR) is 64.4 cm³/mol. The molecular weight excluding hydrogens is 220 g/mol. The van der Waals surface area contributed by atoms with Crippen molar-refractivity contribution in [2.24, 2.45) is 7.05 Å². The monoisotopic (exact) mass is 234 g/mol. The fourth-order valence-electron chi connectivity index (χ4n) is 1.46. The van der Waals surface area contributed by atoms with Crippen molar-refractivity contribution in [2.75, 3.05) is 0 Å². The molecule has 4 heteroatoms. The second kappa shape index (κ2) is 4.72. The van der Waals surface area contributed by atoms with Crippen LogP contribution in [-0.4, -0.2) is 14.7 Å². The molecule has 2 aromatic rings. The second-order valence-electron chi connectivity index (χ2n) is 3.67. The zero-order valence-corrected chi connectivity index (χ0v) is 10.2. The normalized spacial score (nSPS) is 10.7. The molecule has 0 aliphatic heterocycles. The highest BCUT2D eigenvalue weighted by Gasteiger charge is 2.04. The molecule has 1 N–H and O–H groups in total. The van der Waals surface area contributed by atoms with Gasteiger partial charge in [0.05, 0.1) is 6.61 Å². The Labute approximate surface area is 99.1 Å². The average molecular weight is 234 g/mol. The van der Waals surface area contributed by atoms with Crippen LogP contribution >= 0.6 is 11.8 Å². The van der Waals surface area contributed by atoms with E-state index in [9.17, 15) is 0 Å². The van der Waals surface area contributed by atoms with Crippen LogP contribution in [0, 0.1) is 6.92 Å². The first-order valence-corrected chi connectivity index (χ1v) is 5.88. The standard InChI is InChI=1S/C12H14N2OS/c1-9-7-11(4-3-10(9)8-15)16-12-13-5-6-14(12)2/h3-7,15H,8H2,1-2H3. The zero-order valence-electron chi connectivity index (χ0n) is 9.34. The summed E-state index contributed by atoms with van der Waals surface area (Å²) in [6, 6.07) is 6.05. The lowest BCUT2D eigenvalue weighted by atomic mass is 10.1. The van der Waals surface area contributed by atoms with Gasteiger partial charge >= 0.3 is 0 Å². The fourth-order valence-corrected chi connectivity index (χ4v) is 2.37. The first kappa shape index (κ1) is 11.2. The number of aromatic nitrogens is 2. The third-order valence-electron chi connectivity index (χ3n) is 2.47. The highest BCUT2D eigenvalue weighted by molar-refractivity contribution is 7.99. The maximum Gasteiger partial charge on any atom is 0.172 e. The van der Waals surface area contributed by atoms with Crippen molar-refractivity contribution in [1.82, 2.24) is 9.55 Å². The van der Waals surface area contributed by atoms with Gasteiger partial charge in [0.1, 0.15) is 0 Å². The molecule has 0 amide bonds. The molecular formula is C12H14N2OS. The van der Waals surface area contributed by atoms with E-state index in [4.69, 9.17) is 5.11 Å². The maximum atomic E-state index is 9.09. The molecule has 84 valence electrons. The van der Waals surface area contributed by atoms with Crippen LogP contribution < -0.4 is 0 Å². The van der Waals surface area contributed by atoms with E-state index in [2.05, 4.69) is 11.1 Å². The molecule has 1 heterocycles. The van der Waals surface area contributed by atoms with Gasteiger partial charge in [-0.05, 0) is 30.2 Å². The number of aryl methyl sites for hydroxylation is 2. The summed E-state index contributed by atoms with van der Waals surface area (Å²) in [6.07, 6.45) is 3.72. The predicted octanol–water partition coefficient (Wildman–Crippen LogP) is 2.37. The van der Waals surface area contributed by atoms with Crippen LogP contribution in [0.4, 0.5) is 0 Å². The molecule has 0 atom stereocenters. The van der Waals surface area contributed by atoms with Crippen LogP contribution in [0.2, 0.25) is 0 Å². The number of aliphatic hydroxyl groups excluding tert-OH is 1. The van der Waals surface area contributed by atoms with Gasteiger partial charge in [-0.3, -0.25) is 0 Å². The van der Waals surface area contributed by atoms with Crippen molar-refractivity contribution in [3.63, 3.8) is 0 Å². The number of aliphatic hydroxyl groups is 1. The molecule has 0 saturated heterocycles. The van der Waals surface area contributed by atoms with Crippen molar-refractivity contribution in [2.45, 2.75) is 23.6 Å². The molecule has 2 rings (SSSR count). The summed E-state index contributed by atoms with van der Waals surface area (Å²) in [6.45, 7) is 2.10. The largest absolute Gasteiger partial charge is 0.392 e. The minimum atomic E-state index is 0.0964. The summed E-state index contributed by atoms with van der Waals surface area (Å²) in [5.41, 5.74) is 2.09. The lowest BCUT2D eigenvalue weighted by Crippen LogP contribution is -1.91. The van der Waals surface area contributed by atoms with Crippen LogP contribution in [0.1, 0.15) is 11.1 Å². The minimum absolute atomic E-state index is 0.0964. The molecule has 0 fully saturated rings. The van der Waals surface area contributed by atoms with Gasteiger partial charge in [-0.25, -0.2) is 4.98 Å². The van der Waals surface area contributed by atoms with E-state index in [1.165, 1.54) is 0 Å². The van der Waals surface area contributed by atoms with Crippen molar-refractivity contribution >= 4 is 11.8 Å². The Kier molecular flexibility index (Phi) is 3.31. The molecule has 0 spiro atoms. The van der Waals surface area contributed by atoms with Crippen molar-refractivity contribution in [1.29, 1.82) is 0 Å². The molecule has 0 radical (unpaired) electrons. The van der Waals surface area contributed by atoms with E-state index in [1.54, 1.807) is 18.0 Å². The fraction of sp³-hybridized carbons (Fsp3) is 0.250. The highest BCUT2D eigenvalue weighted by atomic mass is 32.2. The molecule has 0 aliphatic rings. The molecule has 0 bridgehead atoms. The van der Waals surface area contributed by atoms with Crippen LogP contribution in [0.15, 0.2) is 40.6 Å². The third kappa shape index (κ3) is 2.28. The third-order valence-corrected chi connectivity index (χ3v) is 3.54. The molecule has 0 aliphatic carbocycles. The summed E-state index contributed by atoms with van der Waals surface area (Å²) in [4.78, 5) is 5.40. The number of hydrogen-bond donors (Lipinski definition) is 1. The number of nitrogens with zero attached hydrogens (tertiary/aromatic N) is 2. The molecule has 1 aromatic carbocycles. The number of rotatable bonds is 3. The second-order valence-corrected chi connectivity index (χ2v) is 4.71. The topological polar surface area (TPSA) is 38.0 Å². The van der Waals surface area contributed by atoms with Crippen molar-refractivity contribution < 1.29 is 5.11 Å². The van der Waals surface area contributed by atoms with E-state index in [0.29, 0.717) is 0 Å². The Bertz CT molecular complexity index is 494. The lowest BCUT2D eigenvalue weighted by Gasteiger charge is -2.06. The molecule has 0 unspecified atom stereocenters. The van der Waals surface area contributed by atoms with Crippen molar-refractivity contribution in [3.05, 3.63) is 41.7 Å². The quantitative estimate of drug-likeness (QED) is 0.886. The number of imidazole rings is 1. The smallest absolute Gasteiger partial charge is 0.172 e. The van der Waals surface area contributed by atoms with E-state index < -0.39 is 0 Å². The van der Waals surface area contributed by atoms with Crippen LogP contribution in [-0.2, 0) is 13.7 Å². The SMILES string of the molecule is Cc1cc(Sc2nccn2C)ccc1CO. The molecule has 16 heavy (non-hydrogen) atoms. The van der Waals surface area contributed by atoms with E-state index in [-0.39, 0.29) is 6.61 Å². The molecule has 1 aromatic heterocycles. The maximum absolute atomic E-state index is 9.09. The van der Waals surface area contributed by atoms with Gasteiger partial charge < -0.3 is 9.67 Å². The van der Waals surface area contributed by atoms with Gasteiger partial charge in [-0.1, -0.05) is 17.8 Å². The van der Waals surface area contributed by atoms with Gasteiger partial charge in [-0.15, -0.1) is 0 Å². The summed E-state index contributed by atoms with van der Waals surface area (Å²) in [7, 11) is 1.98. The van der Waals surface area contributed by atoms with E-state index >= 15 is 0 Å². The summed E-state index contributed by atoms with van der Waals surface area (Å²) >= 11 is 1.62. The van der Waals surface area contributed by atoms with E-state index in [1.807, 2.05) is 36.9 Å². The Morgan fingerprint density at radius 2 is 2.25 bits per heavy atom. The lowest BCUT2D eigenvalue weighted by molar-refractivity contribution is 0.281. The van der Waals surface area contributed by atoms with Crippen LogP contribution in [0.25, 0.3) is 0 Å². The first-order valence-electron chi connectivity index (χ1n) is 5.06. The van der Waals surface area contributed by atoms with Gasteiger partial charge in [0.2, 0.25) is 0 Å². The molecule has 3 nitrogen and oxygen atoms in total. The van der Waals surface area contributed by atoms with Gasteiger partial charge in [-0.2, -0.15) is 0 Å². The summed E-state index contributed by atoms with van der Waals surface area (Å²) < 4.78 is 1.99. The Hall–Kier alpha value is -1.26. The van der Waals surface area contributed by atoms with Gasteiger partial charge in [0, 0.05) is 24.3 Å². The Morgan fingerprint density at radius 3 is 2.81 bits per heavy atom. The average Bonchev–Trinajstić information content (AvgIpc) is 2.65. The van der Waals surface area contributed by atoms with E-state index in [0.717, 1.165) is 21.2 Å². The zero-order chi connectivity index (χ0) is 11.5. The Balaban J connectivity index is 2.23. The van der Waals surface area contributed by atoms with Gasteiger partial charge in [0.25, 0.3) is 0 Å².